The number of ether oxygens (including phenoxy) is 11. The summed E-state index contributed by atoms with van der Waals surface area (Å²) in [5.41, 5.74) is 0. The third-order valence-corrected chi connectivity index (χ3v) is 19.4. The van der Waals surface area contributed by atoms with E-state index in [1.807, 2.05) is 0 Å². The molecule has 16 nitrogen and oxygen atoms in total. The van der Waals surface area contributed by atoms with E-state index in [0.717, 1.165) is 13.8 Å². The molecule has 0 saturated heterocycles. The van der Waals surface area contributed by atoms with Gasteiger partial charge in [-0.1, -0.05) is 0 Å². The highest BCUT2D eigenvalue weighted by Crippen LogP contribution is 2.66. The minimum absolute atomic E-state index is 0.0945. The van der Waals surface area contributed by atoms with Crippen LogP contribution in [0.5, 0.6) is 34.5 Å². The van der Waals surface area contributed by atoms with Crippen molar-refractivity contribution in [1.82, 2.24) is 0 Å². The molecule has 3 aromatic rings. The third kappa shape index (κ3) is 13.5. The predicted octanol–water partition coefficient (Wildman–Crippen LogP) is 15.3. The number of carbonyl (C=O) groups is 4. The molecule has 3 aromatic heterocycles. The first-order valence-corrected chi connectivity index (χ1v) is 30.4. The smallest absolute Gasteiger partial charge is 0.460 e. The molecule has 0 amide bonds. The number of carbonyl (C=O) groups excluding carboxylic acids is 5. The number of thiophene rings is 3. The quantitative estimate of drug-likeness (QED) is 0.0378. The summed E-state index contributed by atoms with van der Waals surface area (Å²) < 4.78 is 554. The molecule has 0 saturated carbocycles. The first-order valence-electron chi connectivity index (χ1n) is 27.1. The zero-order valence-electron chi connectivity index (χ0n) is 49.8. The van der Waals surface area contributed by atoms with Crippen LogP contribution in [0.15, 0.2) is 5.76 Å². The summed E-state index contributed by atoms with van der Waals surface area (Å²) in [6.45, 7) is -10.3. The Morgan fingerprint density at radius 2 is 0.632 bits per heavy atom. The predicted molar refractivity (Wildman–Crippen MR) is 272 cm³/mol. The van der Waals surface area contributed by atoms with Crippen LogP contribution in [0.4, 0.5) is 158 Å². The molecule has 5 aliphatic rings. The van der Waals surface area contributed by atoms with Crippen molar-refractivity contribution in [1.29, 1.82) is 0 Å². The number of ketones is 1. The number of hydrogen-bond donors (Lipinski definition) is 0. The Balaban J connectivity index is 1.23. The Labute approximate surface area is 574 Å². The van der Waals surface area contributed by atoms with Crippen LogP contribution in [0.1, 0.15) is 16.7 Å². The second-order valence-electron chi connectivity index (χ2n) is 21.7. The average Bonchev–Trinajstić information content (AvgIpc) is 1.34. The van der Waals surface area contributed by atoms with Crippen molar-refractivity contribution >= 4 is 80.3 Å². The maximum atomic E-state index is 14.7. The normalized spacial score (nSPS) is 20.5. The van der Waals surface area contributed by atoms with Gasteiger partial charge in [0.2, 0.25) is 5.76 Å². The molecule has 0 fully saturated rings. The molecule has 106 heavy (non-hydrogen) atoms. The zero-order chi connectivity index (χ0) is 80.8. The molecular weight excluding hydrogens is 1670 g/mol. The summed E-state index contributed by atoms with van der Waals surface area (Å²) in [6.07, 6.45) is -38.7. The number of allylic oxidation sites excluding steroid dienone is 1. The van der Waals surface area contributed by atoms with Crippen molar-refractivity contribution in [3.8, 4) is 54.0 Å². The number of aryl methyl sites for hydroxylation is 1. The Bertz CT molecular complexity index is 3980. The molecule has 0 aromatic carbocycles. The summed E-state index contributed by atoms with van der Waals surface area (Å²) >= 11 is 1.24. The van der Waals surface area contributed by atoms with Crippen molar-refractivity contribution < 1.29 is 234 Å². The number of esters is 4. The van der Waals surface area contributed by atoms with Crippen LogP contribution < -0.4 is 28.4 Å². The van der Waals surface area contributed by atoms with Crippen molar-refractivity contribution in [2.45, 2.75) is 139 Å². The molecule has 56 heteroatoms. The van der Waals surface area contributed by atoms with E-state index < -0.39 is 278 Å². The van der Waals surface area contributed by atoms with Crippen LogP contribution >= 0.6 is 45.8 Å². The Morgan fingerprint density at radius 1 is 0.358 bits per heavy atom. The minimum atomic E-state index is -7.70. The van der Waals surface area contributed by atoms with Crippen molar-refractivity contribution in [3.63, 3.8) is 0 Å². The van der Waals surface area contributed by atoms with E-state index >= 15 is 0 Å². The van der Waals surface area contributed by atoms with Gasteiger partial charge in [-0.05, 0) is 13.8 Å². The van der Waals surface area contributed by atoms with Crippen molar-refractivity contribution in [2.24, 2.45) is 0 Å². The molecule has 0 spiro atoms. The van der Waals surface area contributed by atoms with Gasteiger partial charge in [-0.15, -0.1) is 45.8 Å². The van der Waals surface area contributed by atoms with Crippen molar-refractivity contribution in [2.75, 3.05) is 52.9 Å². The van der Waals surface area contributed by atoms with E-state index in [2.05, 4.69) is 18.9 Å². The number of rotatable bonds is 23. The first-order chi connectivity index (χ1) is 47.7. The van der Waals surface area contributed by atoms with Crippen LogP contribution in [-0.4, -0.2) is 208 Å². The molecule has 0 radical (unpaired) electrons. The van der Waals surface area contributed by atoms with Gasteiger partial charge in [0.05, 0.1) is 29.3 Å². The van der Waals surface area contributed by atoms with Crippen LogP contribution in [0.25, 0.3) is 24.4 Å². The summed E-state index contributed by atoms with van der Waals surface area (Å²) in [7, 11) is 0. The summed E-state index contributed by atoms with van der Waals surface area (Å²) in [5, 5.41) is -1.37. The third-order valence-electron chi connectivity index (χ3n) is 14.4. The van der Waals surface area contributed by atoms with E-state index in [9.17, 15) is 177 Å². The molecule has 8 rings (SSSR count). The lowest BCUT2D eigenvalue weighted by Gasteiger charge is -2.32. The molecule has 5 atom stereocenters. The number of fused-ring (bicyclic) bond motifs is 4. The molecule has 0 bridgehead atoms. The highest BCUT2D eigenvalue weighted by atomic mass is 32.2. The fourth-order valence-corrected chi connectivity index (χ4v) is 13.7. The van der Waals surface area contributed by atoms with Gasteiger partial charge in [0.15, 0.2) is 66.0 Å². The molecule has 5 aliphatic heterocycles. The summed E-state index contributed by atoms with van der Waals surface area (Å²) in [4.78, 5) is 45.3. The Hall–Kier alpha value is -7.18. The summed E-state index contributed by atoms with van der Waals surface area (Å²) in [6, 6.07) is 0. The van der Waals surface area contributed by atoms with Gasteiger partial charge in [0.25, 0.3) is 0 Å². The van der Waals surface area contributed by atoms with Gasteiger partial charge in [-0.3, -0.25) is 0 Å². The van der Waals surface area contributed by atoms with E-state index in [1.54, 1.807) is 0 Å². The number of alkyl halides is 36. The second-order valence-corrected chi connectivity index (χ2v) is 26.4. The highest BCUT2D eigenvalue weighted by Gasteiger charge is 2.88. The maximum absolute atomic E-state index is 14.7. The Kier molecular flexibility index (Phi) is 21.4. The lowest BCUT2D eigenvalue weighted by Crippen LogP contribution is -2.63. The Morgan fingerprint density at radius 3 is 0.962 bits per heavy atom. The van der Waals surface area contributed by atoms with Gasteiger partial charge >= 0.3 is 132 Å². The van der Waals surface area contributed by atoms with E-state index in [-0.39, 0.29) is 27.6 Å². The fourth-order valence-electron chi connectivity index (χ4n) is 8.73. The highest BCUT2D eigenvalue weighted by molar-refractivity contribution is 8.10. The standard InChI is InChI=1S/C50H27F36O16S4/c1-11-17-22(100-14(3-91-17)8-96-32(88)36(53,54)40(61,62)44(69,70)48(78,79)80)28(103-11)26-20-24(102-16(5-93-20)10-98-34(90)38(57,58)42(65,66)46(73,74)50(84,85)86)30(105-26)27-21-23(101-15(6-94-21)9-97-33(89)37(55,56)41(63,64)45(71,72)49(81,82)83)29(106-27)25-19-18(12(2)104-25)99-13(4-92-19)7-95-31(87)35(51,52)39(59,60)43(67,68)47(75,76)77/h12-16H,3-10H2,1-2H3/q+1. The second kappa shape index (κ2) is 26.8. The molecule has 598 valence electrons. The topological polar surface area (TPSA) is 181 Å². The van der Waals surface area contributed by atoms with Crippen LogP contribution in [0.3, 0.4) is 0 Å². The number of thioether (sulfide) groups is 1. The molecule has 0 aliphatic carbocycles. The first kappa shape index (κ1) is 84.4. The van der Waals surface area contributed by atoms with Gasteiger partial charge in [-0.25, -0.2) is 23.6 Å². The SMILES string of the molecule is Cc1sc(-c2sc(-c3sc(C4=C5OCC(COC(=O)C(F)(F)C(F)(F)C(F)(F)C(F)(F)F)[O+]=C5C(C)S4)c4c3OCC(COC(=O)C(F)(F)C(F)(F)C(F)(F)C(F)(F)F)O4)c3c2OCC(COC(=O)C(F)(F)C(F)(F)C(F)(F)C(F)(F)F)O3)c2c1OCC(COC(=O)C(F)(F)C(F)(F)C(F)(F)C(F)(F)F)O2. The maximum Gasteiger partial charge on any atom is 0.460 e. The largest absolute Gasteiger partial charge is 0.484 e. The van der Waals surface area contributed by atoms with Gasteiger partial charge in [-0.2, -0.15) is 158 Å². The monoisotopic (exact) mass is 1690 g/mol. The number of hydrogen-bond acceptors (Lipinski definition) is 19. The number of halogens is 36. The molecule has 0 N–H and O–H groups in total. The zero-order valence-corrected chi connectivity index (χ0v) is 53.1. The van der Waals surface area contributed by atoms with E-state index in [4.69, 9.17) is 37.6 Å². The molecule has 8 heterocycles. The lowest BCUT2D eigenvalue weighted by atomic mass is 10.0. The van der Waals surface area contributed by atoms with Crippen LogP contribution in [0.2, 0.25) is 0 Å². The van der Waals surface area contributed by atoms with E-state index in [1.165, 1.54) is 0 Å². The van der Waals surface area contributed by atoms with Gasteiger partial charge in [0.1, 0.15) is 44.9 Å². The minimum Gasteiger partial charge on any atom is -0.484 e. The van der Waals surface area contributed by atoms with E-state index in [0.29, 0.717) is 23.1 Å². The fraction of sp³-hybridized carbons (Fsp3) is 0.620. The van der Waals surface area contributed by atoms with Crippen LogP contribution in [-0.2, 0) is 47.3 Å². The van der Waals surface area contributed by atoms with Crippen LogP contribution in [0, 0.1) is 6.92 Å². The van der Waals surface area contributed by atoms with Gasteiger partial charge < -0.3 is 52.1 Å². The average molecular weight is 1700 g/mol. The lowest BCUT2D eigenvalue weighted by molar-refractivity contribution is -0.518. The van der Waals surface area contributed by atoms with Crippen molar-refractivity contribution in [3.05, 3.63) is 15.5 Å². The molecule has 5 unspecified atom stereocenters. The molecular formula is C50H27F36O16S4+. The summed E-state index contributed by atoms with van der Waals surface area (Å²) in [5.74, 6) is -111. The van der Waals surface area contributed by atoms with Gasteiger partial charge in [0, 0.05) is 4.88 Å².